The molecule has 0 radical (unpaired) electrons. The van der Waals surface area contributed by atoms with E-state index in [-0.39, 0.29) is 0 Å². The summed E-state index contributed by atoms with van der Waals surface area (Å²) in [5, 5.41) is 6.57. The molecule has 0 spiro atoms. The van der Waals surface area contributed by atoms with E-state index in [0.29, 0.717) is 6.17 Å². The van der Waals surface area contributed by atoms with Gasteiger partial charge in [-0.1, -0.05) is 12.2 Å². The zero-order chi connectivity index (χ0) is 7.56. The van der Waals surface area contributed by atoms with Crippen LogP contribution in [0.5, 0.6) is 0 Å². The number of nitrogens with one attached hydrogen (secondary N) is 2. The third kappa shape index (κ3) is 1.15. The fourth-order valence-electron chi connectivity index (χ4n) is 1.14. The Kier molecular flexibility index (Phi) is 2.00. The summed E-state index contributed by atoms with van der Waals surface area (Å²) in [6.07, 6.45) is 4.52. The highest BCUT2D eigenvalue weighted by molar-refractivity contribution is 5.31. The molecule has 0 aliphatic carbocycles. The maximum absolute atomic E-state index is 3.29. The molecule has 0 unspecified atom stereocenters. The van der Waals surface area contributed by atoms with Gasteiger partial charge in [0.25, 0.3) is 0 Å². The molecule has 0 aromatic rings. The molecule has 2 N–H and O–H groups in total. The van der Waals surface area contributed by atoms with Crippen molar-refractivity contribution < 1.29 is 0 Å². The zero-order valence-electron chi connectivity index (χ0n) is 6.73. The van der Waals surface area contributed by atoms with Gasteiger partial charge in [0, 0.05) is 0 Å². The Labute approximate surface area is 62.0 Å². The van der Waals surface area contributed by atoms with Crippen molar-refractivity contribution in [2.24, 2.45) is 0 Å². The Morgan fingerprint density at radius 2 is 1.50 bits per heavy atom. The van der Waals surface area contributed by atoms with Crippen molar-refractivity contribution in [3.05, 3.63) is 23.5 Å². The third-order valence-electron chi connectivity index (χ3n) is 1.61. The molecular weight excluding hydrogens is 124 g/mol. The fraction of sp³-hybridized carbons (Fsp3) is 0.500. The minimum Gasteiger partial charge on any atom is -0.364 e. The van der Waals surface area contributed by atoms with Gasteiger partial charge in [0.05, 0.1) is 17.6 Å². The van der Waals surface area contributed by atoms with Gasteiger partial charge in [-0.2, -0.15) is 0 Å². The molecular formula is C8H14N2. The van der Waals surface area contributed by atoms with Crippen LogP contribution in [0, 0.1) is 0 Å². The molecule has 56 valence electrons. The van der Waals surface area contributed by atoms with Crippen molar-refractivity contribution in [1.82, 2.24) is 10.6 Å². The molecule has 1 aliphatic rings. The minimum absolute atomic E-state index is 0.373. The van der Waals surface area contributed by atoms with E-state index in [1.54, 1.807) is 0 Å². The molecule has 0 saturated carbocycles. The molecule has 1 fully saturated rings. The van der Waals surface area contributed by atoms with E-state index < -0.39 is 0 Å². The largest absolute Gasteiger partial charge is 0.364 e. The van der Waals surface area contributed by atoms with Crippen LogP contribution in [0.3, 0.4) is 0 Å². The van der Waals surface area contributed by atoms with Gasteiger partial charge < -0.3 is 10.6 Å². The number of hydrogen-bond donors (Lipinski definition) is 2. The Morgan fingerprint density at radius 3 is 1.80 bits per heavy atom. The summed E-state index contributed by atoms with van der Waals surface area (Å²) in [5.41, 5.74) is 2.41. The minimum atomic E-state index is 0.373. The molecule has 2 heteroatoms. The number of rotatable bonds is 0. The maximum Gasteiger partial charge on any atom is 0.0935 e. The summed E-state index contributed by atoms with van der Waals surface area (Å²) >= 11 is 0. The second-order valence-electron chi connectivity index (χ2n) is 2.42. The highest BCUT2D eigenvalue weighted by atomic mass is 15.2. The topological polar surface area (TPSA) is 24.1 Å². The van der Waals surface area contributed by atoms with Crippen LogP contribution in [0.1, 0.15) is 20.8 Å². The fourth-order valence-corrected chi connectivity index (χ4v) is 1.14. The van der Waals surface area contributed by atoms with Gasteiger partial charge in [0.2, 0.25) is 0 Å². The van der Waals surface area contributed by atoms with Crippen LogP contribution >= 0.6 is 0 Å². The summed E-state index contributed by atoms with van der Waals surface area (Å²) < 4.78 is 0. The first kappa shape index (κ1) is 7.19. The predicted octanol–water partition coefficient (Wildman–Crippen LogP) is 1.33. The van der Waals surface area contributed by atoms with E-state index in [9.17, 15) is 0 Å². The SMILES string of the molecule is C/C=C1/NC(C)N/C1=C/C. The van der Waals surface area contributed by atoms with Crippen molar-refractivity contribution in [3.8, 4) is 0 Å². The summed E-state index contributed by atoms with van der Waals surface area (Å²) in [6, 6.07) is 0. The van der Waals surface area contributed by atoms with Crippen LogP contribution < -0.4 is 10.6 Å². The van der Waals surface area contributed by atoms with Crippen molar-refractivity contribution >= 4 is 0 Å². The van der Waals surface area contributed by atoms with Crippen LogP contribution in [0.15, 0.2) is 23.5 Å². The van der Waals surface area contributed by atoms with Crippen molar-refractivity contribution in [2.45, 2.75) is 26.9 Å². The predicted molar refractivity (Wildman–Crippen MR) is 43.2 cm³/mol. The molecule has 1 rings (SSSR count). The van der Waals surface area contributed by atoms with Gasteiger partial charge in [-0.05, 0) is 20.8 Å². The molecule has 0 aromatic heterocycles. The van der Waals surface area contributed by atoms with E-state index in [2.05, 4.69) is 29.7 Å². The molecule has 10 heavy (non-hydrogen) atoms. The summed E-state index contributed by atoms with van der Waals surface area (Å²) in [6.45, 7) is 6.16. The summed E-state index contributed by atoms with van der Waals surface area (Å²) in [4.78, 5) is 0. The van der Waals surface area contributed by atoms with Crippen LogP contribution in [0.25, 0.3) is 0 Å². The third-order valence-corrected chi connectivity index (χ3v) is 1.61. The molecule has 2 nitrogen and oxygen atoms in total. The average Bonchev–Trinajstić information content (AvgIpc) is 2.30. The van der Waals surface area contributed by atoms with E-state index in [0.717, 1.165) is 0 Å². The molecule has 0 atom stereocenters. The van der Waals surface area contributed by atoms with E-state index >= 15 is 0 Å². The smallest absolute Gasteiger partial charge is 0.0935 e. The van der Waals surface area contributed by atoms with Gasteiger partial charge in [-0.3, -0.25) is 0 Å². The lowest BCUT2D eigenvalue weighted by Crippen LogP contribution is -2.25. The second kappa shape index (κ2) is 2.78. The Bertz CT molecular complexity index is 160. The molecule has 0 amide bonds. The summed E-state index contributed by atoms with van der Waals surface area (Å²) in [7, 11) is 0. The number of hydrogen-bond acceptors (Lipinski definition) is 2. The zero-order valence-corrected chi connectivity index (χ0v) is 6.73. The lowest BCUT2D eigenvalue weighted by Gasteiger charge is -2.00. The van der Waals surface area contributed by atoms with E-state index in [1.165, 1.54) is 11.4 Å². The lowest BCUT2D eigenvalue weighted by atomic mass is 10.3. The first-order valence-electron chi connectivity index (χ1n) is 3.64. The molecule has 1 aliphatic heterocycles. The molecule has 1 heterocycles. The maximum atomic E-state index is 3.29. The van der Waals surface area contributed by atoms with Crippen LogP contribution in [0.4, 0.5) is 0 Å². The molecule has 0 bridgehead atoms. The van der Waals surface area contributed by atoms with Gasteiger partial charge in [-0.25, -0.2) is 0 Å². The monoisotopic (exact) mass is 138 g/mol. The van der Waals surface area contributed by atoms with E-state index in [1.807, 2.05) is 13.8 Å². The van der Waals surface area contributed by atoms with Gasteiger partial charge in [0.15, 0.2) is 0 Å². The first-order valence-corrected chi connectivity index (χ1v) is 3.64. The quantitative estimate of drug-likeness (QED) is 0.527. The van der Waals surface area contributed by atoms with Crippen LogP contribution in [-0.2, 0) is 0 Å². The summed E-state index contributed by atoms with van der Waals surface area (Å²) in [5.74, 6) is 0. The highest BCUT2D eigenvalue weighted by Crippen LogP contribution is 2.10. The lowest BCUT2D eigenvalue weighted by molar-refractivity contribution is 0.628. The van der Waals surface area contributed by atoms with Crippen molar-refractivity contribution in [3.63, 3.8) is 0 Å². The first-order chi connectivity index (χ1) is 4.77. The van der Waals surface area contributed by atoms with Gasteiger partial charge >= 0.3 is 0 Å². The Hall–Kier alpha value is -0.920. The molecule has 1 saturated heterocycles. The van der Waals surface area contributed by atoms with E-state index in [4.69, 9.17) is 0 Å². The normalized spacial score (nSPS) is 27.1. The van der Waals surface area contributed by atoms with Crippen LogP contribution in [-0.4, -0.2) is 6.17 Å². The highest BCUT2D eigenvalue weighted by Gasteiger charge is 2.15. The van der Waals surface area contributed by atoms with Crippen molar-refractivity contribution in [1.29, 1.82) is 0 Å². The second-order valence-corrected chi connectivity index (χ2v) is 2.42. The standard InChI is InChI=1S/C8H14N2/c1-4-7-8(5-2)10-6(3)9-7/h4-6,9-10H,1-3H3/b7-4+,8-5+. The Morgan fingerprint density at radius 1 is 1.10 bits per heavy atom. The number of allylic oxidation sites excluding steroid dienone is 2. The molecule has 0 aromatic carbocycles. The van der Waals surface area contributed by atoms with Gasteiger partial charge in [0.1, 0.15) is 0 Å². The van der Waals surface area contributed by atoms with Gasteiger partial charge in [-0.15, -0.1) is 0 Å². The average molecular weight is 138 g/mol. The van der Waals surface area contributed by atoms with Crippen molar-refractivity contribution in [2.75, 3.05) is 0 Å². The Balaban J connectivity index is 2.77. The van der Waals surface area contributed by atoms with Crippen LogP contribution in [0.2, 0.25) is 0 Å².